The van der Waals surface area contributed by atoms with E-state index in [-0.39, 0.29) is 5.56 Å². The van der Waals surface area contributed by atoms with E-state index < -0.39 is 0 Å². The van der Waals surface area contributed by atoms with Crippen molar-refractivity contribution in [2.75, 3.05) is 39.4 Å². The maximum absolute atomic E-state index is 11.4. The molecule has 1 fully saturated rings. The van der Waals surface area contributed by atoms with Crippen molar-refractivity contribution >= 4 is 0 Å². The van der Waals surface area contributed by atoms with Crippen molar-refractivity contribution < 1.29 is 4.74 Å². The molecule has 1 aromatic heterocycles. The fraction of sp³-hybridized carbons (Fsp3) is 0.688. The fourth-order valence-electron chi connectivity index (χ4n) is 3.32. The number of nitrogens with one attached hydrogen (secondary N) is 2. The summed E-state index contributed by atoms with van der Waals surface area (Å²) in [5, 5.41) is 3.66. The first-order chi connectivity index (χ1) is 10.3. The zero-order valence-corrected chi connectivity index (χ0v) is 12.6. The van der Waals surface area contributed by atoms with Crippen LogP contribution in [0.25, 0.3) is 0 Å². The highest BCUT2D eigenvalue weighted by Crippen LogP contribution is 2.27. The van der Waals surface area contributed by atoms with Crippen molar-refractivity contribution in [2.45, 2.75) is 31.7 Å². The standard InChI is InChI=1S/C16H25N3O2/c20-16-6-5-13-14(3-1-4-15(13)18-16)17-7-2-8-19-9-11-21-12-10-19/h5-6,14,17H,1-4,7-12H2,(H,18,20). The second-order valence-electron chi connectivity index (χ2n) is 5.96. The summed E-state index contributed by atoms with van der Waals surface area (Å²) in [6.07, 6.45) is 4.47. The minimum atomic E-state index is 0.0155. The van der Waals surface area contributed by atoms with Crippen LogP contribution in [0, 0.1) is 0 Å². The highest BCUT2D eigenvalue weighted by atomic mass is 16.5. The first-order valence-corrected chi connectivity index (χ1v) is 8.08. The van der Waals surface area contributed by atoms with Gasteiger partial charge in [-0.2, -0.15) is 0 Å². The lowest BCUT2D eigenvalue weighted by atomic mass is 9.91. The summed E-state index contributed by atoms with van der Waals surface area (Å²) in [4.78, 5) is 16.8. The lowest BCUT2D eigenvalue weighted by Crippen LogP contribution is -2.38. The van der Waals surface area contributed by atoms with Crippen molar-refractivity contribution in [3.05, 3.63) is 33.7 Å². The summed E-state index contributed by atoms with van der Waals surface area (Å²) in [6, 6.07) is 4.04. The Morgan fingerprint density at radius 2 is 2.19 bits per heavy atom. The fourth-order valence-corrected chi connectivity index (χ4v) is 3.32. The van der Waals surface area contributed by atoms with E-state index in [2.05, 4.69) is 15.2 Å². The van der Waals surface area contributed by atoms with Gasteiger partial charge in [-0.15, -0.1) is 0 Å². The maximum atomic E-state index is 11.4. The first kappa shape index (κ1) is 14.8. The Hall–Kier alpha value is -1.17. The molecule has 2 aliphatic rings. The van der Waals surface area contributed by atoms with Crippen LogP contribution >= 0.6 is 0 Å². The Bertz CT molecular complexity index is 508. The summed E-state index contributed by atoms with van der Waals surface area (Å²) >= 11 is 0. The van der Waals surface area contributed by atoms with Crippen LogP contribution in [0.1, 0.15) is 36.6 Å². The monoisotopic (exact) mass is 291 g/mol. The Morgan fingerprint density at radius 1 is 1.33 bits per heavy atom. The van der Waals surface area contributed by atoms with Crippen molar-refractivity contribution in [1.29, 1.82) is 0 Å². The molecule has 0 spiro atoms. The predicted molar refractivity (Wildman–Crippen MR) is 82.6 cm³/mol. The third-order valence-electron chi connectivity index (χ3n) is 4.48. The van der Waals surface area contributed by atoms with Crippen LogP contribution < -0.4 is 10.9 Å². The number of hydrogen-bond donors (Lipinski definition) is 2. The molecule has 0 aromatic carbocycles. The number of nitrogens with zero attached hydrogens (tertiary/aromatic N) is 1. The molecular weight excluding hydrogens is 266 g/mol. The Balaban J connectivity index is 1.47. The number of hydrogen-bond acceptors (Lipinski definition) is 4. The van der Waals surface area contributed by atoms with Crippen LogP contribution in [0.2, 0.25) is 0 Å². The van der Waals surface area contributed by atoms with Crippen molar-refractivity contribution in [3.63, 3.8) is 0 Å². The van der Waals surface area contributed by atoms with E-state index in [9.17, 15) is 4.79 Å². The minimum Gasteiger partial charge on any atom is -0.379 e. The molecule has 5 nitrogen and oxygen atoms in total. The van der Waals surface area contributed by atoms with Crippen LogP contribution in [0.3, 0.4) is 0 Å². The SMILES string of the molecule is O=c1ccc2c([nH]1)CCCC2NCCCN1CCOCC1. The average molecular weight is 291 g/mol. The number of fused-ring (bicyclic) bond motifs is 1. The molecule has 1 aromatic rings. The van der Waals surface area contributed by atoms with Crippen LogP contribution in [0.5, 0.6) is 0 Å². The van der Waals surface area contributed by atoms with E-state index in [1.165, 1.54) is 5.56 Å². The Kier molecular flexibility index (Phi) is 5.06. The molecule has 2 heterocycles. The molecule has 1 unspecified atom stereocenters. The molecule has 0 amide bonds. The van der Waals surface area contributed by atoms with E-state index in [0.717, 1.165) is 70.8 Å². The van der Waals surface area contributed by atoms with E-state index in [1.54, 1.807) is 6.07 Å². The minimum absolute atomic E-state index is 0.0155. The number of rotatable bonds is 5. The molecule has 21 heavy (non-hydrogen) atoms. The second kappa shape index (κ2) is 7.20. The zero-order valence-electron chi connectivity index (χ0n) is 12.6. The van der Waals surface area contributed by atoms with Crippen molar-refractivity contribution in [1.82, 2.24) is 15.2 Å². The third-order valence-corrected chi connectivity index (χ3v) is 4.48. The van der Waals surface area contributed by atoms with Crippen LogP contribution in [0.15, 0.2) is 16.9 Å². The molecule has 1 aliphatic carbocycles. The summed E-state index contributed by atoms with van der Waals surface area (Å²) in [6.45, 7) is 6.04. The molecule has 5 heteroatoms. The van der Waals surface area contributed by atoms with E-state index in [1.807, 2.05) is 6.07 Å². The third kappa shape index (κ3) is 3.93. The van der Waals surface area contributed by atoms with Gasteiger partial charge in [0.2, 0.25) is 5.56 Å². The van der Waals surface area contributed by atoms with Gasteiger partial charge in [0, 0.05) is 30.9 Å². The van der Waals surface area contributed by atoms with E-state index in [4.69, 9.17) is 4.74 Å². The molecule has 3 rings (SSSR count). The normalized spacial score (nSPS) is 23.0. The predicted octanol–water partition coefficient (Wildman–Crippen LogP) is 1.06. The number of ether oxygens (including phenoxy) is 1. The van der Waals surface area contributed by atoms with E-state index in [0.29, 0.717) is 6.04 Å². The van der Waals surface area contributed by atoms with Gasteiger partial charge < -0.3 is 15.0 Å². The van der Waals surface area contributed by atoms with Crippen molar-refractivity contribution in [2.24, 2.45) is 0 Å². The molecule has 2 N–H and O–H groups in total. The quantitative estimate of drug-likeness (QED) is 0.797. The molecule has 1 aliphatic heterocycles. The lowest BCUT2D eigenvalue weighted by Gasteiger charge is -2.28. The van der Waals surface area contributed by atoms with Gasteiger partial charge in [0.1, 0.15) is 0 Å². The zero-order chi connectivity index (χ0) is 14.5. The summed E-state index contributed by atoms with van der Waals surface area (Å²) in [5.41, 5.74) is 2.42. The largest absolute Gasteiger partial charge is 0.379 e. The number of aromatic nitrogens is 1. The highest BCUT2D eigenvalue weighted by Gasteiger charge is 2.20. The van der Waals surface area contributed by atoms with Crippen molar-refractivity contribution in [3.8, 4) is 0 Å². The number of H-pyrrole nitrogens is 1. The first-order valence-electron chi connectivity index (χ1n) is 8.08. The van der Waals surface area contributed by atoms with Gasteiger partial charge in [-0.1, -0.05) is 6.07 Å². The topological polar surface area (TPSA) is 57.4 Å². The number of morpholine rings is 1. The van der Waals surface area contributed by atoms with Crippen LogP contribution in [0.4, 0.5) is 0 Å². The maximum Gasteiger partial charge on any atom is 0.248 e. The van der Waals surface area contributed by atoms with Crippen LogP contribution in [-0.4, -0.2) is 49.3 Å². The molecule has 0 bridgehead atoms. The average Bonchev–Trinajstić information content (AvgIpc) is 2.52. The van der Waals surface area contributed by atoms with Gasteiger partial charge in [-0.25, -0.2) is 0 Å². The van der Waals surface area contributed by atoms with Gasteiger partial charge in [-0.05, 0) is 44.3 Å². The molecule has 116 valence electrons. The van der Waals surface area contributed by atoms with Gasteiger partial charge in [0.05, 0.1) is 13.2 Å². The summed E-state index contributed by atoms with van der Waals surface area (Å²) in [7, 11) is 0. The Labute approximate surface area is 125 Å². The molecular formula is C16H25N3O2. The molecule has 1 atom stereocenters. The molecule has 0 saturated carbocycles. The summed E-state index contributed by atoms with van der Waals surface area (Å²) in [5.74, 6) is 0. The van der Waals surface area contributed by atoms with Gasteiger partial charge in [0.25, 0.3) is 0 Å². The number of aryl methyl sites for hydroxylation is 1. The van der Waals surface area contributed by atoms with Gasteiger partial charge in [0.15, 0.2) is 0 Å². The molecule has 0 radical (unpaired) electrons. The second-order valence-corrected chi connectivity index (χ2v) is 5.96. The van der Waals surface area contributed by atoms with E-state index >= 15 is 0 Å². The number of pyridine rings is 1. The smallest absolute Gasteiger partial charge is 0.248 e. The molecule has 1 saturated heterocycles. The summed E-state index contributed by atoms with van der Waals surface area (Å²) < 4.78 is 5.36. The van der Waals surface area contributed by atoms with Gasteiger partial charge in [-0.3, -0.25) is 9.69 Å². The number of aromatic amines is 1. The van der Waals surface area contributed by atoms with Crippen LogP contribution in [-0.2, 0) is 11.2 Å². The lowest BCUT2D eigenvalue weighted by molar-refractivity contribution is 0.0373. The Morgan fingerprint density at radius 3 is 3.05 bits per heavy atom. The highest BCUT2D eigenvalue weighted by molar-refractivity contribution is 5.26. The van der Waals surface area contributed by atoms with Gasteiger partial charge >= 0.3 is 0 Å².